The number of aromatic amines is 1. The van der Waals surface area contributed by atoms with Gasteiger partial charge in [-0.05, 0) is 24.6 Å². The van der Waals surface area contributed by atoms with Gasteiger partial charge in [-0.3, -0.25) is 14.6 Å². The molecule has 0 fully saturated rings. The number of aryl methyl sites for hydroxylation is 1. The molecule has 6 heteroatoms. The maximum Gasteiger partial charge on any atom is 0.265 e. The number of fused-ring (bicyclic) bond motifs is 2. The Morgan fingerprint density at radius 1 is 1.03 bits per heavy atom. The van der Waals surface area contributed by atoms with E-state index in [-0.39, 0.29) is 11.6 Å². The molecule has 0 radical (unpaired) electrons. The van der Waals surface area contributed by atoms with Gasteiger partial charge in [-0.25, -0.2) is 0 Å². The van der Waals surface area contributed by atoms with Gasteiger partial charge in [0.05, 0.1) is 11.4 Å². The van der Waals surface area contributed by atoms with E-state index in [1.807, 2.05) is 79.7 Å². The topological polar surface area (TPSA) is 91.5 Å². The van der Waals surface area contributed by atoms with Crippen LogP contribution in [0.3, 0.4) is 0 Å². The number of amides is 2. The first-order valence-electron chi connectivity index (χ1n) is 10.4. The van der Waals surface area contributed by atoms with Crippen molar-refractivity contribution in [1.29, 1.82) is 0 Å². The van der Waals surface area contributed by atoms with Crippen LogP contribution in [0.1, 0.15) is 38.8 Å². The molecule has 0 aliphatic carbocycles. The van der Waals surface area contributed by atoms with Gasteiger partial charge in [0.1, 0.15) is 5.69 Å². The molecule has 0 saturated heterocycles. The van der Waals surface area contributed by atoms with Crippen LogP contribution in [0.5, 0.6) is 0 Å². The van der Waals surface area contributed by atoms with Crippen molar-refractivity contribution in [3.63, 3.8) is 0 Å². The molecule has 0 saturated carbocycles. The zero-order valence-electron chi connectivity index (χ0n) is 17.8. The highest BCUT2D eigenvalue weighted by Crippen LogP contribution is 2.37. The van der Waals surface area contributed by atoms with Crippen molar-refractivity contribution >= 4 is 34.1 Å². The van der Waals surface area contributed by atoms with Crippen LogP contribution in [0.25, 0.3) is 10.9 Å². The number of primary amides is 1. The molecule has 32 heavy (non-hydrogen) atoms. The van der Waals surface area contributed by atoms with Crippen LogP contribution >= 0.6 is 0 Å². The van der Waals surface area contributed by atoms with E-state index in [0.717, 1.165) is 33.3 Å². The molecule has 3 N–H and O–H groups in total. The molecule has 2 amide bonds. The van der Waals surface area contributed by atoms with Crippen molar-refractivity contribution in [3.8, 4) is 0 Å². The van der Waals surface area contributed by atoms with Crippen LogP contribution in [0.4, 0.5) is 5.69 Å². The van der Waals surface area contributed by atoms with Crippen molar-refractivity contribution in [3.05, 3.63) is 101 Å². The van der Waals surface area contributed by atoms with Crippen molar-refractivity contribution in [1.82, 2.24) is 4.98 Å². The average Bonchev–Trinajstić information content (AvgIpc) is 3.15. The van der Waals surface area contributed by atoms with Crippen molar-refractivity contribution < 1.29 is 9.59 Å². The molecule has 158 valence electrons. The fourth-order valence-electron chi connectivity index (χ4n) is 4.33. The number of hydrogen-bond acceptors (Lipinski definition) is 3. The number of benzene rings is 3. The Labute approximate surface area is 185 Å². The predicted octanol–water partition coefficient (Wildman–Crippen LogP) is 4.13. The van der Waals surface area contributed by atoms with E-state index < -0.39 is 11.9 Å². The van der Waals surface area contributed by atoms with E-state index in [1.165, 1.54) is 0 Å². The summed E-state index contributed by atoms with van der Waals surface area (Å²) in [5.41, 5.74) is 11.4. The molecule has 0 spiro atoms. The van der Waals surface area contributed by atoms with Gasteiger partial charge >= 0.3 is 0 Å². The molecule has 1 unspecified atom stereocenters. The van der Waals surface area contributed by atoms with Crippen molar-refractivity contribution in [2.45, 2.75) is 13.0 Å². The minimum atomic E-state index is -0.929. The molecule has 1 aromatic heterocycles. The quantitative estimate of drug-likeness (QED) is 0.520. The molecule has 6 nitrogen and oxygen atoms in total. The normalized spacial score (nSPS) is 15.9. The fourth-order valence-corrected chi connectivity index (χ4v) is 4.33. The van der Waals surface area contributed by atoms with Crippen LogP contribution in [-0.2, 0) is 4.79 Å². The highest BCUT2D eigenvalue weighted by atomic mass is 16.2. The molecule has 5 rings (SSSR count). The zero-order valence-corrected chi connectivity index (χ0v) is 17.8. The number of hydrogen-bond donors (Lipinski definition) is 2. The predicted molar refractivity (Wildman–Crippen MR) is 126 cm³/mol. The Kier molecular flexibility index (Phi) is 4.63. The number of nitrogens with zero attached hydrogens (tertiary/aromatic N) is 2. The van der Waals surface area contributed by atoms with E-state index in [0.29, 0.717) is 11.3 Å². The van der Waals surface area contributed by atoms with Gasteiger partial charge in [0.2, 0.25) is 0 Å². The van der Waals surface area contributed by atoms with Crippen LogP contribution in [0.15, 0.2) is 77.8 Å². The van der Waals surface area contributed by atoms with Gasteiger partial charge in [0, 0.05) is 34.6 Å². The van der Waals surface area contributed by atoms with Gasteiger partial charge < -0.3 is 15.6 Å². The summed E-state index contributed by atoms with van der Waals surface area (Å²) in [6.45, 7) is 1.99. The van der Waals surface area contributed by atoms with Gasteiger partial charge in [-0.15, -0.1) is 0 Å². The summed E-state index contributed by atoms with van der Waals surface area (Å²) < 4.78 is 0. The number of carbonyl (C=O) groups is 2. The summed E-state index contributed by atoms with van der Waals surface area (Å²) in [6.07, 6.45) is 0. The molecule has 3 aromatic carbocycles. The molecule has 4 aromatic rings. The van der Waals surface area contributed by atoms with Gasteiger partial charge in [-0.2, -0.15) is 0 Å². The Morgan fingerprint density at radius 3 is 2.50 bits per heavy atom. The standard InChI is InChI=1S/C26H22N4O2/c1-15-12-13-18-20(14-15)30(2)26(32)24(29-22(18)16-8-4-3-5-9-16)21-17-10-6-7-11-19(17)28-23(21)25(27)31/h3-14,24,28H,1-2H3,(H2,27,31). The number of benzodiazepines with no additional fused rings is 1. The summed E-state index contributed by atoms with van der Waals surface area (Å²) in [4.78, 5) is 35.8. The molecule has 1 aliphatic rings. The lowest BCUT2D eigenvalue weighted by atomic mass is 9.98. The molecular formula is C26H22N4O2. The number of anilines is 1. The maximum atomic E-state index is 13.8. The van der Waals surface area contributed by atoms with E-state index in [1.54, 1.807) is 11.9 Å². The number of para-hydroxylation sites is 1. The number of H-pyrrole nitrogens is 1. The Balaban J connectivity index is 1.83. The third-order valence-corrected chi connectivity index (χ3v) is 5.91. The third kappa shape index (κ3) is 3.08. The summed E-state index contributed by atoms with van der Waals surface area (Å²) in [6, 6.07) is 22.3. The molecule has 1 aliphatic heterocycles. The second-order valence-electron chi connectivity index (χ2n) is 7.99. The molecule has 1 atom stereocenters. The second kappa shape index (κ2) is 7.50. The molecule has 0 bridgehead atoms. The first-order valence-corrected chi connectivity index (χ1v) is 10.4. The average molecular weight is 422 g/mol. The summed E-state index contributed by atoms with van der Waals surface area (Å²) >= 11 is 0. The van der Waals surface area contributed by atoms with E-state index >= 15 is 0 Å². The van der Waals surface area contributed by atoms with E-state index in [2.05, 4.69) is 4.98 Å². The third-order valence-electron chi connectivity index (χ3n) is 5.91. The second-order valence-corrected chi connectivity index (χ2v) is 7.99. The lowest BCUT2D eigenvalue weighted by Gasteiger charge is -2.21. The summed E-state index contributed by atoms with van der Waals surface area (Å²) in [5, 5.41) is 0.756. The highest BCUT2D eigenvalue weighted by molar-refractivity contribution is 6.21. The van der Waals surface area contributed by atoms with Crippen LogP contribution in [0, 0.1) is 6.92 Å². The number of carbonyl (C=O) groups excluding carboxylic acids is 2. The first kappa shape index (κ1) is 19.8. The Bertz CT molecular complexity index is 1400. The molecule has 2 heterocycles. The van der Waals surface area contributed by atoms with E-state index in [9.17, 15) is 9.59 Å². The summed E-state index contributed by atoms with van der Waals surface area (Å²) in [7, 11) is 1.75. The fraction of sp³-hybridized carbons (Fsp3) is 0.115. The van der Waals surface area contributed by atoms with Crippen molar-refractivity contribution in [2.75, 3.05) is 11.9 Å². The van der Waals surface area contributed by atoms with Gasteiger partial charge in [0.15, 0.2) is 6.04 Å². The van der Waals surface area contributed by atoms with Gasteiger partial charge in [-0.1, -0.05) is 60.7 Å². The number of aliphatic imine (C=N–C) groups is 1. The lowest BCUT2D eigenvalue weighted by molar-refractivity contribution is -0.119. The first-order chi connectivity index (χ1) is 15.5. The highest BCUT2D eigenvalue weighted by Gasteiger charge is 2.35. The number of aromatic nitrogens is 1. The number of nitrogens with one attached hydrogen (secondary N) is 1. The van der Waals surface area contributed by atoms with Crippen LogP contribution in [-0.4, -0.2) is 29.6 Å². The van der Waals surface area contributed by atoms with Crippen molar-refractivity contribution in [2.24, 2.45) is 10.7 Å². The summed E-state index contributed by atoms with van der Waals surface area (Å²) in [5.74, 6) is -0.851. The maximum absolute atomic E-state index is 13.8. The SMILES string of the molecule is Cc1ccc2c(c1)N(C)C(=O)C(c1c(C(N)=O)[nH]c3ccccc13)N=C2c1ccccc1. The van der Waals surface area contributed by atoms with Crippen LogP contribution < -0.4 is 10.6 Å². The smallest absolute Gasteiger partial charge is 0.265 e. The number of nitrogens with two attached hydrogens (primary N) is 1. The minimum Gasteiger partial charge on any atom is -0.364 e. The zero-order chi connectivity index (χ0) is 22.4. The van der Waals surface area contributed by atoms with E-state index in [4.69, 9.17) is 10.7 Å². The Morgan fingerprint density at radius 2 is 1.75 bits per heavy atom. The monoisotopic (exact) mass is 422 g/mol. The van der Waals surface area contributed by atoms with Gasteiger partial charge in [0.25, 0.3) is 11.8 Å². The minimum absolute atomic E-state index is 0.205. The molecular weight excluding hydrogens is 400 g/mol. The largest absolute Gasteiger partial charge is 0.364 e. The number of likely N-dealkylation sites (N-methyl/N-ethyl adjacent to an activating group) is 1. The lowest BCUT2D eigenvalue weighted by Crippen LogP contribution is -2.31. The number of rotatable bonds is 3. The Hall–Kier alpha value is -4.19. The van der Waals surface area contributed by atoms with Crippen LogP contribution in [0.2, 0.25) is 0 Å².